The predicted octanol–water partition coefficient (Wildman–Crippen LogP) is 2.25. The van der Waals surface area contributed by atoms with Crippen molar-refractivity contribution in [3.63, 3.8) is 0 Å². The third kappa shape index (κ3) is 3.51. The molecule has 4 heteroatoms. The van der Waals surface area contributed by atoms with Gasteiger partial charge in [0.1, 0.15) is 5.75 Å². The minimum absolute atomic E-state index is 0.0844. The third-order valence-electron chi connectivity index (χ3n) is 3.95. The summed E-state index contributed by atoms with van der Waals surface area (Å²) in [5, 5.41) is 0. The molecule has 20 heavy (non-hydrogen) atoms. The summed E-state index contributed by atoms with van der Waals surface area (Å²) in [6.07, 6.45) is 2.09. The number of piperidine rings is 1. The highest BCUT2D eigenvalue weighted by atomic mass is 16.5. The fraction of sp³-hybridized carbons (Fsp3) is 0.562. The Balaban J connectivity index is 2.04. The molecule has 1 aliphatic heterocycles. The SMILES string of the molecule is CCOc1cccc(C(=O)N(C)C2CCN(C)CC2)c1. The number of nitrogens with zero attached hydrogens (tertiary/aromatic N) is 2. The first-order valence-corrected chi connectivity index (χ1v) is 7.30. The van der Waals surface area contributed by atoms with E-state index >= 15 is 0 Å². The van der Waals surface area contributed by atoms with Crippen LogP contribution < -0.4 is 4.74 Å². The van der Waals surface area contributed by atoms with E-state index in [1.807, 2.05) is 43.1 Å². The van der Waals surface area contributed by atoms with Crippen molar-refractivity contribution in [2.45, 2.75) is 25.8 Å². The average molecular weight is 276 g/mol. The van der Waals surface area contributed by atoms with E-state index in [4.69, 9.17) is 4.74 Å². The molecule has 0 N–H and O–H groups in total. The Kier molecular flexibility index (Phi) is 5.01. The Bertz CT molecular complexity index is 454. The summed E-state index contributed by atoms with van der Waals surface area (Å²) in [6.45, 7) is 4.67. The molecule has 0 bridgehead atoms. The van der Waals surface area contributed by atoms with Gasteiger partial charge in [0.25, 0.3) is 5.91 Å². The van der Waals surface area contributed by atoms with Gasteiger partial charge in [-0.3, -0.25) is 4.79 Å². The Morgan fingerprint density at radius 3 is 2.75 bits per heavy atom. The molecule has 4 nitrogen and oxygen atoms in total. The molecule has 0 spiro atoms. The Hall–Kier alpha value is -1.55. The van der Waals surface area contributed by atoms with Gasteiger partial charge < -0.3 is 14.5 Å². The summed E-state index contributed by atoms with van der Waals surface area (Å²) < 4.78 is 5.46. The lowest BCUT2D eigenvalue weighted by Crippen LogP contribution is -2.44. The van der Waals surface area contributed by atoms with E-state index in [0.717, 1.165) is 31.7 Å². The van der Waals surface area contributed by atoms with E-state index in [9.17, 15) is 4.79 Å². The van der Waals surface area contributed by atoms with Gasteiger partial charge in [0.05, 0.1) is 6.61 Å². The van der Waals surface area contributed by atoms with Gasteiger partial charge in [-0.05, 0) is 58.1 Å². The minimum atomic E-state index is 0.0844. The molecule has 1 fully saturated rings. The average Bonchev–Trinajstić information content (AvgIpc) is 2.47. The van der Waals surface area contributed by atoms with Crippen LogP contribution in [0.2, 0.25) is 0 Å². The number of hydrogen-bond acceptors (Lipinski definition) is 3. The van der Waals surface area contributed by atoms with Crippen molar-refractivity contribution in [1.29, 1.82) is 0 Å². The molecule has 2 rings (SSSR count). The Morgan fingerprint density at radius 1 is 1.40 bits per heavy atom. The standard InChI is InChI=1S/C16H24N2O2/c1-4-20-15-7-5-6-13(12-15)16(19)18(3)14-8-10-17(2)11-9-14/h5-7,12,14H,4,8-11H2,1-3H3. The second-order valence-electron chi connectivity index (χ2n) is 5.41. The number of ether oxygens (including phenoxy) is 1. The summed E-state index contributed by atoms with van der Waals surface area (Å²) in [4.78, 5) is 16.7. The Morgan fingerprint density at radius 2 is 2.10 bits per heavy atom. The summed E-state index contributed by atoms with van der Waals surface area (Å²) in [5.74, 6) is 0.844. The van der Waals surface area contributed by atoms with E-state index in [0.29, 0.717) is 18.2 Å². The summed E-state index contributed by atoms with van der Waals surface area (Å²) in [5.41, 5.74) is 0.706. The van der Waals surface area contributed by atoms with Crippen LogP contribution in [0.3, 0.4) is 0 Å². The molecule has 1 amide bonds. The van der Waals surface area contributed by atoms with E-state index in [-0.39, 0.29) is 5.91 Å². The summed E-state index contributed by atoms with van der Waals surface area (Å²) in [6, 6.07) is 7.79. The molecule has 0 unspecified atom stereocenters. The number of likely N-dealkylation sites (tertiary alicyclic amines) is 1. The van der Waals surface area contributed by atoms with Gasteiger partial charge in [-0.25, -0.2) is 0 Å². The van der Waals surface area contributed by atoms with Gasteiger partial charge in [-0.15, -0.1) is 0 Å². The second-order valence-corrected chi connectivity index (χ2v) is 5.41. The molecule has 1 saturated heterocycles. The quantitative estimate of drug-likeness (QED) is 0.845. The molecular formula is C16H24N2O2. The molecule has 0 aromatic heterocycles. The van der Waals surface area contributed by atoms with Gasteiger partial charge in [-0.1, -0.05) is 6.07 Å². The van der Waals surface area contributed by atoms with Crippen molar-refractivity contribution in [2.24, 2.45) is 0 Å². The van der Waals surface area contributed by atoms with Crippen LogP contribution in [0.25, 0.3) is 0 Å². The van der Waals surface area contributed by atoms with Crippen LogP contribution in [-0.4, -0.2) is 55.5 Å². The molecule has 1 aromatic carbocycles. The van der Waals surface area contributed by atoms with Crippen LogP contribution >= 0.6 is 0 Å². The fourth-order valence-electron chi connectivity index (χ4n) is 2.64. The molecule has 0 aliphatic carbocycles. The van der Waals surface area contributed by atoms with E-state index in [1.54, 1.807) is 0 Å². The normalized spacial score (nSPS) is 16.9. The topological polar surface area (TPSA) is 32.8 Å². The van der Waals surface area contributed by atoms with Crippen molar-refractivity contribution in [2.75, 3.05) is 33.8 Å². The highest BCUT2D eigenvalue weighted by Gasteiger charge is 2.24. The predicted molar refractivity (Wildman–Crippen MR) is 80.2 cm³/mol. The largest absolute Gasteiger partial charge is 0.494 e. The van der Waals surface area contributed by atoms with Crippen molar-refractivity contribution in [1.82, 2.24) is 9.80 Å². The van der Waals surface area contributed by atoms with Crippen LogP contribution in [-0.2, 0) is 0 Å². The first-order chi connectivity index (χ1) is 9.61. The smallest absolute Gasteiger partial charge is 0.253 e. The van der Waals surface area contributed by atoms with Crippen molar-refractivity contribution in [3.8, 4) is 5.75 Å². The van der Waals surface area contributed by atoms with Crippen molar-refractivity contribution < 1.29 is 9.53 Å². The van der Waals surface area contributed by atoms with Crippen LogP contribution in [0.5, 0.6) is 5.75 Å². The van der Waals surface area contributed by atoms with E-state index in [1.165, 1.54) is 0 Å². The molecule has 0 atom stereocenters. The van der Waals surface area contributed by atoms with Crippen molar-refractivity contribution >= 4 is 5.91 Å². The van der Waals surface area contributed by atoms with Crippen LogP contribution in [0.1, 0.15) is 30.1 Å². The highest BCUT2D eigenvalue weighted by molar-refractivity contribution is 5.94. The van der Waals surface area contributed by atoms with Crippen LogP contribution in [0.4, 0.5) is 0 Å². The van der Waals surface area contributed by atoms with E-state index in [2.05, 4.69) is 11.9 Å². The second kappa shape index (κ2) is 6.75. The zero-order valence-electron chi connectivity index (χ0n) is 12.6. The summed E-state index contributed by atoms with van der Waals surface area (Å²) >= 11 is 0. The van der Waals surface area contributed by atoms with Gasteiger partial charge in [0, 0.05) is 18.7 Å². The summed E-state index contributed by atoms with van der Waals surface area (Å²) in [7, 11) is 4.04. The van der Waals surface area contributed by atoms with Gasteiger partial charge in [0.2, 0.25) is 0 Å². The van der Waals surface area contributed by atoms with E-state index < -0.39 is 0 Å². The molecule has 0 radical (unpaired) electrons. The first-order valence-electron chi connectivity index (χ1n) is 7.30. The number of amides is 1. The van der Waals surface area contributed by atoms with Crippen LogP contribution in [0, 0.1) is 0 Å². The molecule has 1 aromatic rings. The lowest BCUT2D eigenvalue weighted by atomic mass is 10.0. The minimum Gasteiger partial charge on any atom is -0.494 e. The molecule has 110 valence electrons. The number of hydrogen-bond donors (Lipinski definition) is 0. The maximum Gasteiger partial charge on any atom is 0.253 e. The zero-order chi connectivity index (χ0) is 14.5. The first kappa shape index (κ1) is 14.9. The number of carbonyl (C=O) groups is 1. The number of rotatable bonds is 4. The fourth-order valence-corrected chi connectivity index (χ4v) is 2.64. The molecule has 1 heterocycles. The van der Waals surface area contributed by atoms with Gasteiger partial charge in [-0.2, -0.15) is 0 Å². The Labute approximate surface area is 121 Å². The maximum absolute atomic E-state index is 12.5. The van der Waals surface area contributed by atoms with Gasteiger partial charge in [0.15, 0.2) is 0 Å². The van der Waals surface area contributed by atoms with Gasteiger partial charge >= 0.3 is 0 Å². The number of benzene rings is 1. The maximum atomic E-state index is 12.5. The molecule has 1 aliphatic rings. The monoisotopic (exact) mass is 276 g/mol. The molecule has 0 saturated carbocycles. The number of carbonyl (C=O) groups excluding carboxylic acids is 1. The van der Waals surface area contributed by atoms with Crippen LogP contribution in [0.15, 0.2) is 24.3 Å². The highest BCUT2D eigenvalue weighted by Crippen LogP contribution is 2.19. The van der Waals surface area contributed by atoms with Crippen molar-refractivity contribution in [3.05, 3.63) is 29.8 Å². The zero-order valence-corrected chi connectivity index (χ0v) is 12.6. The third-order valence-corrected chi connectivity index (χ3v) is 3.95. The lowest BCUT2D eigenvalue weighted by Gasteiger charge is -2.35. The lowest BCUT2D eigenvalue weighted by molar-refractivity contribution is 0.0659. The molecular weight excluding hydrogens is 252 g/mol.